The first kappa shape index (κ1) is 12.5. The summed E-state index contributed by atoms with van der Waals surface area (Å²) in [6, 6.07) is 6.80. The zero-order valence-electron chi connectivity index (χ0n) is 8.61. The number of nitrogens with one attached hydrogen (secondary N) is 1. The molecule has 1 aromatic heterocycles. The summed E-state index contributed by atoms with van der Waals surface area (Å²) in [5.41, 5.74) is 0.799. The number of thioether (sulfide) groups is 1. The molecule has 0 aliphatic rings. The van der Waals surface area contributed by atoms with Crippen LogP contribution in [0.4, 0.5) is 0 Å². The number of rotatable bonds is 3. The maximum Gasteiger partial charge on any atom is 0.251 e. The lowest BCUT2D eigenvalue weighted by Gasteiger charge is -2.03. The van der Waals surface area contributed by atoms with Crippen molar-refractivity contribution < 1.29 is 0 Å². The van der Waals surface area contributed by atoms with Gasteiger partial charge >= 0.3 is 0 Å². The third kappa shape index (κ3) is 3.49. The van der Waals surface area contributed by atoms with Crippen molar-refractivity contribution >= 4 is 35.0 Å². The third-order valence-electron chi connectivity index (χ3n) is 2.04. The van der Waals surface area contributed by atoms with E-state index in [0.29, 0.717) is 20.8 Å². The molecule has 2 rings (SSSR count). The van der Waals surface area contributed by atoms with Gasteiger partial charge in [-0.25, -0.2) is 4.98 Å². The van der Waals surface area contributed by atoms with Gasteiger partial charge in [-0.3, -0.25) is 4.79 Å². The van der Waals surface area contributed by atoms with Crippen molar-refractivity contribution in [3.63, 3.8) is 0 Å². The summed E-state index contributed by atoms with van der Waals surface area (Å²) in [6.07, 6.45) is 1.38. The zero-order chi connectivity index (χ0) is 12.3. The standard InChI is InChI=1S/C11H8Cl2N2OS/c12-8-2-1-7(9(13)3-8)5-17-11-4-10(16)14-6-15-11/h1-4,6H,5H2,(H,14,15,16). The van der Waals surface area contributed by atoms with Gasteiger partial charge in [0.2, 0.25) is 0 Å². The second kappa shape index (κ2) is 5.58. The molecule has 0 saturated carbocycles. The molecule has 2 aromatic rings. The SMILES string of the molecule is O=c1cc(SCc2ccc(Cl)cc2Cl)nc[nH]1. The highest BCUT2D eigenvalue weighted by atomic mass is 35.5. The molecule has 17 heavy (non-hydrogen) atoms. The van der Waals surface area contributed by atoms with E-state index in [2.05, 4.69) is 9.97 Å². The first-order chi connectivity index (χ1) is 8.15. The molecule has 1 N–H and O–H groups in total. The molecule has 0 fully saturated rings. The van der Waals surface area contributed by atoms with Crippen LogP contribution in [0.2, 0.25) is 10.0 Å². The minimum absolute atomic E-state index is 0.162. The Hall–Kier alpha value is -0.970. The van der Waals surface area contributed by atoms with Crippen LogP contribution in [0.25, 0.3) is 0 Å². The monoisotopic (exact) mass is 286 g/mol. The van der Waals surface area contributed by atoms with Crippen LogP contribution in [-0.2, 0) is 5.75 Å². The molecular weight excluding hydrogens is 279 g/mol. The van der Waals surface area contributed by atoms with E-state index in [4.69, 9.17) is 23.2 Å². The van der Waals surface area contributed by atoms with Crippen molar-refractivity contribution in [1.82, 2.24) is 9.97 Å². The predicted octanol–water partition coefficient (Wildman–Crippen LogP) is 3.37. The molecule has 0 radical (unpaired) electrons. The van der Waals surface area contributed by atoms with Gasteiger partial charge in [-0.05, 0) is 17.7 Å². The quantitative estimate of drug-likeness (QED) is 0.695. The van der Waals surface area contributed by atoms with Gasteiger partial charge in [-0.15, -0.1) is 11.8 Å². The van der Waals surface area contributed by atoms with Crippen molar-refractivity contribution in [2.75, 3.05) is 0 Å². The molecule has 1 heterocycles. The summed E-state index contributed by atoms with van der Waals surface area (Å²) >= 11 is 13.3. The minimum atomic E-state index is -0.162. The lowest BCUT2D eigenvalue weighted by Crippen LogP contribution is -2.03. The van der Waals surface area contributed by atoms with Gasteiger partial charge in [0.1, 0.15) is 5.03 Å². The fraction of sp³-hybridized carbons (Fsp3) is 0.0909. The Morgan fingerprint density at radius 3 is 2.82 bits per heavy atom. The Labute approximate surface area is 112 Å². The van der Waals surface area contributed by atoms with Crippen LogP contribution in [0.3, 0.4) is 0 Å². The Morgan fingerprint density at radius 1 is 1.29 bits per heavy atom. The van der Waals surface area contributed by atoms with E-state index in [0.717, 1.165) is 5.56 Å². The molecule has 0 spiro atoms. The molecule has 3 nitrogen and oxygen atoms in total. The summed E-state index contributed by atoms with van der Waals surface area (Å²) in [5, 5.41) is 1.90. The minimum Gasteiger partial charge on any atom is -0.313 e. The van der Waals surface area contributed by atoms with Crippen LogP contribution in [-0.4, -0.2) is 9.97 Å². The van der Waals surface area contributed by atoms with Crippen molar-refractivity contribution in [3.8, 4) is 0 Å². The number of benzene rings is 1. The molecule has 0 unspecified atom stereocenters. The second-order valence-electron chi connectivity index (χ2n) is 3.27. The van der Waals surface area contributed by atoms with E-state index in [-0.39, 0.29) is 5.56 Å². The predicted molar refractivity (Wildman–Crippen MR) is 70.9 cm³/mol. The molecular formula is C11H8Cl2N2OS. The molecule has 0 bridgehead atoms. The van der Waals surface area contributed by atoms with Crippen LogP contribution in [0.5, 0.6) is 0 Å². The van der Waals surface area contributed by atoms with Crippen molar-refractivity contribution in [2.45, 2.75) is 10.8 Å². The van der Waals surface area contributed by atoms with Crippen molar-refractivity contribution in [2.24, 2.45) is 0 Å². The Bertz CT molecular complexity index is 586. The number of nitrogens with zero attached hydrogens (tertiary/aromatic N) is 1. The van der Waals surface area contributed by atoms with Crippen LogP contribution in [0.15, 0.2) is 40.4 Å². The second-order valence-corrected chi connectivity index (χ2v) is 5.11. The lowest BCUT2D eigenvalue weighted by atomic mass is 10.2. The van der Waals surface area contributed by atoms with Gasteiger partial charge in [-0.2, -0.15) is 0 Å². The number of H-pyrrole nitrogens is 1. The van der Waals surface area contributed by atoms with Crippen LogP contribution in [0.1, 0.15) is 5.56 Å². The van der Waals surface area contributed by atoms with Gasteiger partial charge in [0.15, 0.2) is 0 Å². The number of hydrogen-bond acceptors (Lipinski definition) is 3. The normalized spacial score (nSPS) is 10.5. The van der Waals surface area contributed by atoms with Crippen LogP contribution < -0.4 is 5.56 Å². The van der Waals surface area contributed by atoms with E-state index >= 15 is 0 Å². The van der Waals surface area contributed by atoms with E-state index in [1.807, 2.05) is 6.07 Å². The highest BCUT2D eigenvalue weighted by Crippen LogP contribution is 2.26. The molecule has 88 valence electrons. The van der Waals surface area contributed by atoms with Gasteiger partial charge in [0.25, 0.3) is 5.56 Å². The first-order valence-electron chi connectivity index (χ1n) is 4.76. The van der Waals surface area contributed by atoms with Gasteiger partial charge in [0.05, 0.1) is 6.33 Å². The van der Waals surface area contributed by atoms with E-state index in [1.54, 1.807) is 12.1 Å². The largest absolute Gasteiger partial charge is 0.313 e. The average Bonchev–Trinajstić information content (AvgIpc) is 2.28. The molecule has 0 atom stereocenters. The molecule has 1 aromatic carbocycles. The molecule has 0 amide bonds. The Balaban J connectivity index is 2.10. The van der Waals surface area contributed by atoms with Gasteiger partial charge in [-0.1, -0.05) is 29.3 Å². The summed E-state index contributed by atoms with van der Waals surface area (Å²) in [7, 11) is 0. The highest BCUT2D eigenvalue weighted by molar-refractivity contribution is 7.98. The van der Waals surface area contributed by atoms with Crippen molar-refractivity contribution in [3.05, 3.63) is 56.6 Å². The first-order valence-corrected chi connectivity index (χ1v) is 6.51. The summed E-state index contributed by atoms with van der Waals surface area (Å²) in [4.78, 5) is 17.6. The maximum atomic E-state index is 11.1. The number of aromatic nitrogens is 2. The van der Waals surface area contributed by atoms with E-state index < -0.39 is 0 Å². The van der Waals surface area contributed by atoms with E-state index in [1.165, 1.54) is 24.2 Å². The number of aromatic amines is 1. The Kier molecular flexibility index (Phi) is 4.10. The maximum absolute atomic E-state index is 11.1. The smallest absolute Gasteiger partial charge is 0.251 e. The van der Waals surface area contributed by atoms with E-state index in [9.17, 15) is 4.79 Å². The fourth-order valence-corrected chi connectivity index (χ4v) is 2.65. The summed E-state index contributed by atoms with van der Waals surface area (Å²) in [6.45, 7) is 0. The third-order valence-corrected chi connectivity index (χ3v) is 3.61. The molecule has 0 aliphatic carbocycles. The average molecular weight is 287 g/mol. The lowest BCUT2D eigenvalue weighted by molar-refractivity contribution is 1.01. The van der Waals surface area contributed by atoms with Crippen LogP contribution >= 0.6 is 35.0 Å². The summed E-state index contributed by atoms with van der Waals surface area (Å²) in [5.74, 6) is 0.645. The van der Waals surface area contributed by atoms with Crippen LogP contribution in [0, 0.1) is 0 Å². The molecule has 0 saturated heterocycles. The number of halogens is 2. The number of hydrogen-bond donors (Lipinski definition) is 1. The topological polar surface area (TPSA) is 45.8 Å². The summed E-state index contributed by atoms with van der Waals surface area (Å²) < 4.78 is 0. The molecule has 6 heteroatoms. The van der Waals surface area contributed by atoms with Gasteiger partial charge < -0.3 is 4.98 Å². The van der Waals surface area contributed by atoms with Gasteiger partial charge in [0, 0.05) is 21.9 Å². The fourth-order valence-electron chi connectivity index (χ4n) is 1.22. The molecule has 0 aliphatic heterocycles. The van der Waals surface area contributed by atoms with Crippen molar-refractivity contribution in [1.29, 1.82) is 0 Å². The highest BCUT2D eigenvalue weighted by Gasteiger charge is 2.03. The zero-order valence-corrected chi connectivity index (χ0v) is 10.9. The Morgan fingerprint density at radius 2 is 2.12 bits per heavy atom.